The van der Waals surface area contributed by atoms with Crippen molar-refractivity contribution in [3.05, 3.63) is 0 Å². The summed E-state index contributed by atoms with van der Waals surface area (Å²) in [4.78, 5) is 32.6. The van der Waals surface area contributed by atoms with Gasteiger partial charge in [0, 0.05) is 30.3 Å². The summed E-state index contributed by atoms with van der Waals surface area (Å²) in [7, 11) is 1.87. The Morgan fingerprint density at radius 3 is 2.17 bits per heavy atom. The third-order valence-corrected chi connectivity index (χ3v) is 4.13. The van der Waals surface area contributed by atoms with Gasteiger partial charge < -0.3 is 21.2 Å². The molecule has 0 saturated heterocycles. The predicted molar refractivity (Wildman–Crippen MR) is 91.8 cm³/mol. The normalized spacial score (nSPS) is 23.6. The van der Waals surface area contributed by atoms with E-state index in [0.29, 0.717) is 6.42 Å². The van der Waals surface area contributed by atoms with E-state index in [1.54, 1.807) is 0 Å². The zero-order valence-corrected chi connectivity index (χ0v) is 15.0. The lowest BCUT2D eigenvalue weighted by atomic mass is 9.73. The van der Waals surface area contributed by atoms with Gasteiger partial charge in [0.1, 0.15) is 6.29 Å². The highest BCUT2D eigenvalue weighted by atomic mass is 16.2. The first-order valence-electron chi connectivity index (χ1n) is 8.49. The minimum absolute atomic E-state index is 0.0325. The quantitative estimate of drug-likeness (QED) is 0.615. The minimum Gasteiger partial charge on any atom is -0.370 e. The number of nitrogens with one attached hydrogen (secondary N) is 2. The average Bonchev–Trinajstić information content (AvgIpc) is 2.50. The Labute approximate surface area is 140 Å². The highest BCUT2D eigenvalue weighted by Gasteiger charge is 2.35. The maximum atomic E-state index is 11.6. The van der Waals surface area contributed by atoms with Gasteiger partial charge in [-0.05, 0) is 39.2 Å². The molecule has 1 saturated carbocycles. The van der Waals surface area contributed by atoms with Crippen molar-refractivity contribution in [1.82, 2.24) is 10.6 Å². The molecular formula is C17H33N3O3. The molecule has 0 unspecified atom stereocenters. The number of rotatable bonds is 7. The highest BCUT2D eigenvalue weighted by molar-refractivity contribution is 5.78. The van der Waals surface area contributed by atoms with E-state index < -0.39 is 0 Å². The van der Waals surface area contributed by atoms with Crippen molar-refractivity contribution in [2.24, 2.45) is 17.1 Å². The summed E-state index contributed by atoms with van der Waals surface area (Å²) in [6, 6.07) is 0.245. The number of nitrogens with two attached hydrogens (primary N) is 1. The highest BCUT2D eigenvalue weighted by Crippen LogP contribution is 2.34. The van der Waals surface area contributed by atoms with Crippen molar-refractivity contribution in [3.8, 4) is 0 Å². The molecule has 6 nitrogen and oxygen atoms in total. The lowest BCUT2D eigenvalue weighted by molar-refractivity contribution is -0.125. The van der Waals surface area contributed by atoms with Crippen molar-refractivity contribution < 1.29 is 14.4 Å². The summed E-state index contributed by atoms with van der Waals surface area (Å²) < 4.78 is 0. The van der Waals surface area contributed by atoms with Gasteiger partial charge in [-0.15, -0.1) is 0 Å². The fourth-order valence-corrected chi connectivity index (χ4v) is 2.64. The van der Waals surface area contributed by atoms with Gasteiger partial charge in [0.05, 0.1) is 0 Å². The van der Waals surface area contributed by atoms with Crippen LogP contribution in [0.4, 0.5) is 0 Å². The summed E-state index contributed by atoms with van der Waals surface area (Å²) >= 11 is 0. The van der Waals surface area contributed by atoms with Gasteiger partial charge in [-0.1, -0.05) is 20.8 Å². The lowest BCUT2D eigenvalue weighted by Crippen LogP contribution is -2.45. The molecule has 0 heterocycles. The fraction of sp³-hybridized carbons (Fsp3) is 0.824. The Morgan fingerprint density at radius 1 is 1.30 bits per heavy atom. The van der Waals surface area contributed by atoms with Crippen molar-refractivity contribution >= 4 is 18.1 Å². The molecule has 4 N–H and O–H groups in total. The molecule has 0 atom stereocenters. The van der Waals surface area contributed by atoms with E-state index in [1.165, 1.54) is 0 Å². The largest absolute Gasteiger partial charge is 0.370 e. The van der Waals surface area contributed by atoms with Crippen LogP contribution in [0, 0.1) is 11.3 Å². The van der Waals surface area contributed by atoms with Crippen LogP contribution in [0.5, 0.6) is 0 Å². The van der Waals surface area contributed by atoms with Gasteiger partial charge >= 0.3 is 0 Å². The molecule has 1 aliphatic rings. The molecule has 6 heteroatoms. The third kappa shape index (κ3) is 8.69. The SMILES string of the molecule is CCCC(N)=O.CNCC1(C=O)CCC(NC(=O)C(C)C)CC1. The zero-order chi connectivity index (χ0) is 17.9. The van der Waals surface area contributed by atoms with Crippen LogP contribution in [-0.4, -0.2) is 37.7 Å². The average molecular weight is 327 g/mol. The zero-order valence-electron chi connectivity index (χ0n) is 15.0. The van der Waals surface area contributed by atoms with Crippen molar-refractivity contribution in [2.45, 2.75) is 65.3 Å². The molecule has 23 heavy (non-hydrogen) atoms. The summed E-state index contributed by atoms with van der Waals surface area (Å²) in [5.41, 5.74) is 4.55. The Kier molecular flexibility index (Phi) is 10.5. The van der Waals surface area contributed by atoms with E-state index in [0.717, 1.165) is 44.9 Å². The van der Waals surface area contributed by atoms with Crippen LogP contribution in [0.2, 0.25) is 0 Å². The van der Waals surface area contributed by atoms with Crippen LogP contribution >= 0.6 is 0 Å². The van der Waals surface area contributed by atoms with Gasteiger partial charge in [-0.25, -0.2) is 0 Å². The van der Waals surface area contributed by atoms with Gasteiger partial charge in [-0.2, -0.15) is 0 Å². The molecule has 0 aromatic heterocycles. The van der Waals surface area contributed by atoms with E-state index in [2.05, 4.69) is 10.6 Å². The molecule has 134 valence electrons. The number of amides is 2. The molecule has 0 aliphatic heterocycles. The number of carbonyl (C=O) groups excluding carboxylic acids is 3. The molecule has 0 bridgehead atoms. The topological polar surface area (TPSA) is 101 Å². The molecule has 0 aromatic rings. The van der Waals surface area contributed by atoms with E-state index in [1.807, 2.05) is 27.8 Å². The first-order chi connectivity index (χ1) is 10.8. The van der Waals surface area contributed by atoms with Crippen molar-refractivity contribution in [1.29, 1.82) is 0 Å². The van der Waals surface area contributed by atoms with Crippen molar-refractivity contribution in [3.63, 3.8) is 0 Å². The van der Waals surface area contributed by atoms with Crippen molar-refractivity contribution in [2.75, 3.05) is 13.6 Å². The first kappa shape index (κ1) is 21.6. The molecule has 1 rings (SSSR count). The Morgan fingerprint density at radius 2 is 1.87 bits per heavy atom. The van der Waals surface area contributed by atoms with E-state index >= 15 is 0 Å². The molecule has 0 spiro atoms. The fourth-order valence-electron chi connectivity index (χ4n) is 2.64. The second-order valence-electron chi connectivity index (χ2n) is 6.66. The predicted octanol–water partition coefficient (Wildman–Crippen LogP) is 1.38. The second-order valence-corrected chi connectivity index (χ2v) is 6.66. The molecular weight excluding hydrogens is 294 g/mol. The van der Waals surface area contributed by atoms with Crippen LogP contribution in [-0.2, 0) is 14.4 Å². The monoisotopic (exact) mass is 327 g/mol. The number of carbonyl (C=O) groups is 3. The summed E-state index contributed by atoms with van der Waals surface area (Å²) in [5, 5.41) is 6.13. The van der Waals surface area contributed by atoms with E-state index in [-0.39, 0.29) is 29.2 Å². The minimum atomic E-state index is -0.214. The smallest absolute Gasteiger partial charge is 0.222 e. The summed E-state index contributed by atoms with van der Waals surface area (Å²) in [5.74, 6) is -0.0650. The number of primary amides is 1. The Balaban J connectivity index is 0.000000688. The summed E-state index contributed by atoms with van der Waals surface area (Å²) in [6.45, 7) is 6.45. The standard InChI is InChI=1S/C13H24N2O2.C4H9NO/c1-10(2)12(17)15-11-4-6-13(9-16,7-5-11)8-14-3;1-2-3-4(5)6/h9-11,14H,4-8H2,1-3H3,(H,15,17);2-3H2,1H3,(H2,5,6). The maximum absolute atomic E-state index is 11.6. The molecule has 2 amide bonds. The van der Waals surface area contributed by atoms with Gasteiger partial charge in [0.2, 0.25) is 11.8 Å². The van der Waals surface area contributed by atoms with Crippen LogP contribution < -0.4 is 16.4 Å². The first-order valence-corrected chi connectivity index (χ1v) is 8.49. The summed E-state index contributed by atoms with van der Waals surface area (Å²) in [6.07, 6.45) is 5.98. The van der Waals surface area contributed by atoms with E-state index in [4.69, 9.17) is 5.73 Å². The number of hydrogen-bond donors (Lipinski definition) is 3. The van der Waals surface area contributed by atoms with Gasteiger partial charge in [0.15, 0.2) is 0 Å². The van der Waals surface area contributed by atoms with Crippen LogP contribution in [0.25, 0.3) is 0 Å². The molecule has 0 aromatic carbocycles. The molecule has 0 radical (unpaired) electrons. The van der Waals surface area contributed by atoms with E-state index in [9.17, 15) is 14.4 Å². The lowest BCUT2D eigenvalue weighted by Gasteiger charge is -2.36. The molecule has 1 aliphatic carbocycles. The number of aldehydes is 1. The maximum Gasteiger partial charge on any atom is 0.222 e. The van der Waals surface area contributed by atoms with Crippen LogP contribution in [0.1, 0.15) is 59.3 Å². The molecule has 1 fully saturated rings. The Bertz CT molecular complexity index is 375. The van der Waals surface area contributed by atoms with Crippen LogP contribution in [0.3, 0.4) is 0 Å². The third-order valence-electron chi connectivity index (χ3n) is 4.13. The number of hydrogen-bond acceptors (Lipinski definition) is 4. The Hall–Kier alpha value is -1.43. The van der Waals surface area contributed by atoms with Gasteiger partial charge in [-0.3, -0.25) is 9.59 Å². The second kappa shape index (κ2) is 11.2. The van der Waals surface area contributed by atoms with Crippen LogP contribution in [0.15, 0.2) is 0 Å². The van der Waals surface area contributed by atoms with Gasteiger partial charge in [0.25, 0.3) is 0 Å².